The largest absolute Gasteiger partial charge is 0.159 e. The zero-order valence-corrected chi connectivity index (χ0v) is 9.38. The normalized spacial score (nSPS) is 25.5. The smallest absolute Gasteiger partial charge is 0.0129 e. The number of hydrogen-bond acceptors (Lipinski definition) is 1. The Morgan fingerprint density at radius 3 is 1.67 bits per heavy atom. The van der Waals surface area contributed by atoms with Crippen LogP contribution in [-0.2, 0) is 0 Å². The van der Waals surface area contributed by atoms with Crippen LogP contribution in [0.4, 0.5) is 0 Å². The number of rotatable bonds is 1. The Morgan fingerprint density at radius 1 is 0.833 bits per heavy atom. The van der Waals surface area contributed by atoms with E-state index in [9.17, 15) is 0 Å². The summed E-state index contributed by atoms with van der Waals surface area (Å²) in [4.78, 5) is 0. The molecule has 0 unspecified atom stereocenters. The second-order valence-electron chi connectivity index (χ2n) is 4.28. The highest BCUT2D eigenvalue weighted by atomic mass is 32.2. The highest BCUT2D eigenvalue weighted by Crippen LogP contribution is 2.35. The highest BCUT2D eigenvalue weighted by molar-refractivity contribution is 7.99. The first-order valence-corrected chi connectivity index (χ1v) is 6.54. The lowest BCUT2D eigenvalue weighted by molar-refractivity contribution is 0.511. The molecule has 0 saturated heterocycles. The van der Waals surface area contributed by atoms with Gasteiger partial charge in [-0.15, -0.1) is 0 Å². The predicted octanol–water partition coefficient (Wildman–Crippen LogP) is 4.24. The van der Waals surface area contributed by atoms with Crippen LogP contribution in [0.15, 0.2) is 0 Å². The van der Waals surface area contributed by atoms with Gasteiger partial charge in [-0.1, -0.05) is 45.4 Å². The van der Waals surface area contributed by atoms with Gasteiger partial charge in [0, 0.05) is 4.75 Å². The van der Waals surface area contributed by atoms with Crippen molar-refractivity contribution in [2.24, 2.45) is 0 Å². The molecule has 0 aromatic carbocycles. The van der Waals surface area contributed by atoms with Crippen LogP contribution in [0, 0.1) is 0 Å². The van der Waals surface area contributed by atoms with E-state index in [4.69, 9.17) is 0 Å². The third-order valence-electron chi connectivity index (χ3n) is 3.15. The molecule has 0 N–H and O–H groups in total. The van der Waals surface area contributed by atoms with Crippen LogP contribution in [-0.4, -0.2) is 11.0 Å². The predicted molar refractivity (Wildman–Crippen MR) is 58.9 cm³/mol. The molecule has 72 valence electrons. The first kappa shape index (κ1) is 10.4. The molecule has 0 amide bonds. The van der Waals surface area contributed by atoms with E-state index >= 15 is 0 Å². The summed E-state index contributed by atoms with van der Waals surface area (Å²) < 4.78 is 0.602. The van der Waals surface area contributed by atoms with Crippen molar-refractivity contribution in [2.75, 3.05) is 6.26 Å². The average molecular weight is 186 g/mol. The molecule has 1 aliphatic rings. The molecule has 0 atom stereocenters. The van der Waals surface area contributed by atoms with Crippen molar-refractivity contribution < 1.29 is 0 Å². The van der Waals surface area contributed by atoms with E-state index in [0.29, 0.717) is 4.75 Å². The maximum Gasteiger partial charge on any atom is 0.0129 e. The van der Waals surface area contributed by atoms with Crippen LogP contribution in [0.3, 0.4) is 0 Å². The average Bonchev–Trinajstić information content (AvgIpc) is 2.18. The molecule has 0 aromatic heterocycles. The Balaban J connectivity index is 2.38. The maximum absolute atomic E-state index is 2.45. The van der Waals surface area contributed by atoms with Crippen LogP contribution >= 0.6 is 11.8 Å². The minimum absolute atomic E-state index is 0.602. The minimum Gasteiger partial charge on any atom is -0.159 e. The standard InChI is InChI=1S/C11H22S/c1-11(12-2)9-7-5-3-4-6-8-10-11/h3-10H2,1-2H3. The summed E-state index contributed by atoms with van der Waals surface area (Å²) in [5.41, 5.74) is 0. The molecule has 12 heavy (non-hydrogen) atoms. The fourth-order valence-corrected chi connectivity index (χ4v) is 2.73. The van der Waals surface area contributed by atoms with Gasteiger partial charge in [-0.2, -0.15) is 11.8 Å². The molecule has 1 aliphatic carbocycles. The Bertz CT molecular complexity index is 110. The topological polar surface area (TPSA) is 0 Å². The van der Waals surface area contributed by atoms with Gasteiger partial charge in [0.05, 0.1) is 0 Å². The second-order valence-corrected chi connectivity index (χ2v) is 5.67. The van der Waals surface area contributed by atoms with Gasteiger partial charge in [0.1, 0.15) is 0 Å². The van der Waals surface area contributed by atoms with Gasteiger partial charge in [0.2, 0.25) is 0 Å². The lowest BCUT2D eigenvalue weighted by atomic mass is 9.98. The van der Waals surface area contributed by atoms with Gasteiger partial charge in [-0.25, -0.2) is 0 Å². The molecule has 0 radical (unpaired) electrons. The van der Waals surface area contributed by atoms with E-state index in [1.165, 1.54) is 51.4 Å². The van der Waals surface area contributed by atoms with Crippen LogP contribution in [0.2, 0.25) is 0 Å². The summed E-state index contributed by atoms with van der Waals surface area (Å²) in [6.07, 6.45) is 14.0. The SMILES string of the molecule is CSC1(C)CCCCCCCC1. The van der Waals surface area contributed by atoms with Crippen LogP contribution in [0.5, 0.6) is 0 Å². The summed E-state index contributed by atoms with van der Waals surface area (Å²) in [6, 6.07) is 0. The van der Waals surface area contributed by atoms with Crippen molar-refractivity contribution in [1.29, 1.82) is 0 Å². The molecule has 0 heterocycles. The summed E-state index contributed by atoms with van der Waals surface area (Å²) in [6.45, 7) is 2.45. The third kappa shape index (κ3) is 3.38. The van der Waals surface area contributed by atoms with E-state index in [1.54, 1.807) is 0 Å². The summed E-state index contributed by atoms with van der Waals surface area (Å²) in [5.74, 6) is 0. The monoisotopic (exact) mass is 186 g/mol. The molecule has 1 saturated carbocycles. The maximum atomic E-state index is 2.45. The van der Waals surface area contributed by atoms with Gasteiger partial charge >= 0.3 is 0 Å². The molecule has 0 aliphatic heterocycles. The molecule has 1 heteroatoms. The second kappa shape index (κ2) is 5.16. The van der Waals surface area contributed by atoms with Crippen molar-refractivity contribution in [1.82, 2.24) is 0 Å². The zero-order chi connectivity index (χ0) is 8.86. The number of hydrogen-bond donors (Lipinski definition) is 0. The molecule has 0 aromatic rings. The van der Waals surface area contributed by atoms with Crippen molar-refractivity contribution in [3.05, 3.63) is 0 Å². The lowest BCUT2D eigenvalue weighted by Crippen LogP contribution is -2.18. The summed E-state index contributed by atoms with van der Waals surface area (Å²) in [7, 11) is 0. The van der Waals surface area contributed by atoms with Crippen molar-refractivity contribution in [2.45, 2.75) is 63.0 Å². The highest BCUT2D eigenvalue weighted by Gasteiger charge is 2.22. The van der Waals surface area contributed by atoms with E-state index < -0.39 is 0 Å². The van der Waals surface area contributed by atoms with E-state index in [1.807, 2.05) is 0 Å². The van der Waals surface area contributed by atoms with Gasteiger partial charge in [0.25, 0.3) is 0 Å². The van der Waals surface area contributed by atoms with Gasteiger partial charge in [0.15, 0.2) is 0 Å². The van der Waals surface area contributed by atoms with Crippen molar-refractivity contribution in [3.8, 4) is 0 Å². The first-order valence-electron chi connectivity index (χ1n) is 5.32. The van der Waals surface area contributed by atoms with Crippen LogP contribution < -0.4 is 0 Å². The van der Waals surface area contributed by atoms with Gasteiger partial charge in [-0.3, -0.25) is 0 Å². The Morgan fingerprint density at radius 2 is 1.25 bits per heavy atom. The Kier molecular flexibility index (Phi) is 4.49. The molecular formula is C11H22S. The first-order chi connectivity index (χ1) is 5.77. The van der Waals surface area contributed by atoms with Crippen LogP contribution in [0.1, 0.15) is 58.3 Å². The molecule has 1 fully saturated rings. The van der Waals surface area contributed by atoms with Crippen LogP contribution in [0.25, 0.3) is 0 Å². The van der Waals surface area contributed by atoms with E-state index in [0.717, 1.165) is 0 Å². The van der Waals surface area contributed by atoms with E-state index in [-0.39, 0.29) is 0 Å². The van der Waals surface area contributed by atoms with Crippen molar-refractivity contribution in [3.63, 3.8) is 0 Å². The van der Waals surface area contributed by atoms with Crippen molar-refractivity contribution >= 4 is 11.8 Å². The lowest BCUT2D eigenvalue weighted by Gasteiger charge is -2.26. The zero-order valence-electron chi connectivity index (χ0n) is 8.57. The Labute approximate surface area is 81.5 Å². The summed E-state index contributed by atoms with van der Waals surface area (Å²) >= 11 is 2.08. The molecule has 0 bridgehead atoms. The fraction of sp³-hybridized carbons (Fsp3) is 1.00. The van der Waals surface area contributed by atoms with Gasteiger partial charge in [-0.05, 0) is 19.1 Å². The quantitative estimate of drug-likeness (QED) is 0.590. The van der Waals surface area contributed by atoms with Gasteiger partial charge < -0.3 is 0 Å². The third-order valence-corrected chi connectivity index (χ3v) is 4.55. The Hall–Kier alpha value is 0.350. The summed E-state index contributed by atoms with van der Waals surface area (Å²) in [5, 5.41) is 0. The van der Waals surface area contributed by atoms with E-state index in [2.05, 4.69) is 24.9 Å². The molecule has 0 nitrogen and oxygen atoms in total. The minimum atomic E-state index is 0.602. The molecular weight excluding hydrogens is 164 g/mol. The molecule has 0 spiro atoms. The molecule has 1 rings (SSSR count). The fourth-order valence-electron chi connectivity index (χ4n) is 2.03. The number of thioether (sulfide) groups is 1.